The molecule has 1 aliphatic heterocycles. The topological polar surface area (TPSA) is 97.0 Å². The highest BCUT2D eigenvalue weighted by Crippen LogP contribution is 2.30. The van der Waals surface area contributed by atoms with Crippen molar-refractivity contribution >= 4 is 52.2 Å². The number of nitrogens with one attached hydrogen (secondary N) is 2. The lowest BCUT2D eigenvalue weighted by Crippen LogP contribution is -2.38. The number of halogens is 1. The summed E-state index contributed by atoms with van der Waals surface area (Å²) in [7, 11) is 1.53. The van der Waals surface area contributed by atoms with Crippen molar-refractivity contribution in [1.29, 1.82) is 0 Å². The Balaban J connectivity index is 1.42. The third-order valence-electron chi connectivity index (χ3n) is 5.41. The fraction of sp³-hybridized carbons (Fsp3) is 0.148. The Morgan fingerprint density at radius 3 is 2.44 bits per heavy atom. The van der Waals surface area contributed by atoms with Crippen LogP contribution in [0.3, 0.4) is 0 Å². The molecule has 3 aromatic rings. The molecule has 0 spiro atoms. The van der Waals surface area contributed by atoms with E-state index < -0.39 is 24.4 Å². The first-order chi connectivity index (χ1) is 17.3. The standard InChI is InChI=1S/C27H24IN3O5/c1-17-3-10-21(11-4-17)29-25(32)15-31-26(33)22(30-27(31)34)13-19-7-12-23(24(14-19)35-2)36-16-18-5-8-20(28)9-6-18/h3-14H,15-16H2,1-2H3,(H,29,32)(H,30,34)/b22-13+. The summed E-state index contributed by atoms with van der Waals surface area (Å²) in [5.41, 5.74) is 3.36. The van der Waals surface area contributed by atoms with Gasteiger partial charge in [-0.25, -0.2) is 9.69 Å². The van der Waals surface area contributed by atoms with Crippen LogP contribution in [-0.2, 0) is 16.2 Å². The summed E-state index contributed by atoms with van der Waals surface area (Å²) < 4.78 is 12.5. The van der Waals surface area contributed by atoms with Crippen LogP contribution in [0.5, 0.6) is 11.5 Å². The number of carbonyl (C=O) groups excluding carboxylic acids is 3. The molecule has 36 heavy (non-hydrogen) atoms. The highest BCUT2D eigenvalue weighted by atomic mass is 127. The number of benzene rings is 3. The molecule has 184 valence electrons. The number of hydrogen-bond acceptors (Lipinski definition) is 5. The second-order valence-electron chi connectivity index (χ2n) is 8.12. The number of anilines is 1. The average molecular weight is 597 g/mol. The molecule has 2 N–H and O–H groups in total. The summed E-state index contributed by atoms with van der Waals surface area (Å²) in [6.45, 7) is 1.92. The van der Waals surface area contributed by atoms with E-state index in [1.807, 2.05) is 43.3 Å². The van der Waals surface area contributed by atoms with E-state index in [9.17, 15) is 14.4 Å². The third kappa shape index (κ3) is 6.22. The van der Waals surface area contributed by atoms with Gasteiger partial charge in [0.25, 0.3) is 5.91 Å². The first-order valence-corrected chi connectivity index (χ1v) is 12.2. The summed E-state index contributed by atoms with van der Waals surface area (Å²) in [6, 6.07) is 19.8. The van der Waals surface area contributed by atoms with Gasteiger partial charge in [-0.15, -0.1) is 0 Å². The second-order valence-corrected chi connectivity index (χ2v) is 9.36. The molecule has 8 nitrogen and oxygen atoms in total. The molecule has 0 aliphatic carbocycles. The van der Waals surface area contributed by atoms with E-state index >= 15 is 0 Å². The van der Waals surface area contributed by atoms with Gasteiger partial charge >= 0.3 is 6.03 Å². The van der Waals surface area contributed by atoms with Crippen molar-refractivity contribution in [3.8, 4) is 11.5 Å². The van der Waals surface area contributed by atoms with Crippen LogP contribution in [0.2, 0.25) is 0 Å². The van der Waals surface area contributed by atoms with Crippen molar-refractivity contribution < 1.29 is 23.9 Å². The molecule has 4 amide bonds. The summed E-state index contributed by atoms with van der Waals surface area (Å²) in [4.78, 5) is 38.4. The number of carbonyl (C=O) groups is 3. The summed E-state index contributed by atoms with van der Waals surface area (Å²) in [5.74, 6) is -0.0210. The molecule has 4 rings (SSSR count). The van der Waals surface area contributed by atoms with Crippen LogP contribution in [0.25, 0.3) is 6.08 Å². The predicted octanol–water partition coefficient (Wildman–Crippen LogP) is 4.72. The largest absolute Gasteiger partial charge is 0.493 e. The lowest BCUT2D eigenvalue weighted by molar-refractivity contribution is -0.127. The minimum atomic E-state index is -0.658. The number of aryl methyl sites for hydroxylation is 1. The van der Waals surface area contributed by atoms with E-state index in [0.29, 0.717) is 29.4 Å². The van der Waals surface area contributed by atoms with E-state index in [0.717, 1.165) is 19.6 Å². The van der Waals surface area contributed by atoms with E-state index in [2.05, 4.69) is 33.2 Å². The molecular weight excluding hydrogens is 573 g/mol. The molecular formula is C27H24IN3O5. The Hall–Kier alpha value is -3.86. The first kappa shape index (κ1) is 25.2. The molecule has 1 aliphatic rings. The van der Waals surface area contributed by atoms with E-state index in [1.165, 1.54) is 13.2 Å². The lowest BCUT2D eigenvalue weighted by atomic mass is 10.1. The van der Waals surface area contributed by atoms with Crippen LogP contribution >= 0.6 is 22.6 Å². The highest BCUT2D eigenvalue weighted by molar-refractivity contribution is 14.1. The monoisotopic (exact) mass is 597 g/mol. The Bertz CT molecular complexity index is 1320. The van der Waals surface area contributed by atoms with E-state index in [1.54, 1.807) is 30.3 Å². The normalized spacial score (nSPS) is 14.1. The maximum absolute atomic E-state index is 12.8. The molecule has 1 heterocycles. The van der Waals surface area contributed by atoms with Gasteiger partial charge in [0.1, 0.15) is 18.8 Å². The fourth-order valence-electron chi connectivity index (χ4n) is 3.50. The molecule has 1 saturated heterocycles. The van der Waals surface area contributed by atoms with Crippen LogP contribution in [0.15, 0.2) is 72.4 Å². The molecule has 0 unspecified atom stereocenters. The maximum Gasteiger partial charge on any atom is 0.329 e. The van der Waals surface area contributed by atoms with Crippen molar-refractivity contribution in [2.75, 3.05) is 19.0 Å². The molecule has 0 atom stereocenters. The van der Waals surface area contributed by atoms with Crippen LogP contribution in [0, 0.1) is 10.5 Å². The van der Waals surface area contributed by atoms with Gasteiger partial charge in [0.15, 0.2) is 11.5 Å². The SMILES string of the molecule is COc1cc(/C=C2/NC(=O)N(CC(=O)Nc3ccc(C)cc3)C2=O)ccc1OCc1ccc(I)cc1. The number of ether oxygens (including phenoxy) is 2. The van der Waals surface area contributed by atoms with Gasteiger partial charge in [0.2, 0.25) is 5.91 Å². The molecule has 3 aromatic carbocycles. The lowest BCUT2D eigenvalue weighted by Gasteiger charge is -2.12. The minimum absolute atomic E-state index is 0.0674. The van der Waals surface area contributed by atoms with Gasteiger partial charge in [-0.3, -0.25) is 9.59 Å². The van der Waals surface area contributed by atoms with Crippen molar-refractivity contribution in [2.24, 2.45) is 0 Å². The average Bonchev–Trinajstić information content (AvgIpc) is 3.12. The Morgan fingerprint density at radius 2 is 1.75 bits per heavy atom. The number of urea groups is 1. The quantitative estimate of drug-likeness (QED) is 0.223. The van der Waals surface area contributed by atoms with Crippen molar-refractivity contribution in [3.63, 3.8) is 0 Å². The van der Waals surface area contributed by atoms with Gasteiger partial charge in [-0.1, -0.05) is 35.9 Å². The van der Waals surface area contributed by atoms with Crippen LogP contribution < -0.4 is 20.1 Å². The number of amides is 4. The smallest absolute Gasteiger partial charge is 0.329 e. The zero-order chi connectivity index (χ0) is 25.7. The third-order valence-corrected chi connectivity index (χ3v) is 6.12. The zero-order valence-corrected chi connectivity index (χ0v) is 21.9. The van der Waals surface area contributed by atoms with Gasteiger partial charge in [0, 0.05) is 9.26 Å². The number of methoxy groups -OCH3 is 1. The molecule has 0 saturated carbocycles. The summed E-state index contributed by atoms with van der Waals surface area (Å²) in [6.07, 6.45) is 1.53. The summed E-state index contributed by atoms with van der Waals surface area (Å²) >= 11 is 2.25. The van der Waals surface area contributed by atoms with Gasteiger partial charge in [0.05, 0.1) is 7.11 Å². The van der Waals surface area contributed by atoms with E-state index in [-0.39, 0.29) is 5.70 Å². The number of imide groups is 1. The summed E-state index contributed by atoms with van der Waals surface area (Å²) in [5, 5.41) is 5.21. The number of hydrogen-bond donors (Lipinski definition) is 2. The predicted molar refractivity (Wildman–Crippen MR) is 145 cm³/mol. The van der Waals surface area contributed by atoms with Crippen molar-refractivity contribution in [1.82, 2.24) is 10.2 Å². The van der Waals surface area contributed by atoms with E-state index in [4.69, 9.17) is 9.47 Å². The zero-order valence-electron chi connectivity index (χ0n) is 19.7. The Labute approximate surface area is 222 Å². The van der Waals surface area contributed by atoms with Gasteiger partial charge < -0.3 is 20.1 Å². The van der Waals surface area contributed by atoms with Crippen molar-refractivity contribution in [2.45, 2.75) is 13.5 Å². The Kier molecular flexibility index (Phi) is 7.89. The number of nitrogens with zero attached hydrogens (tertiary/aromatic N) is 1. The maximum atomic E-state index is 12.8. The van der Waals surface area contributed by atoms with Crippen LogP contribution in [0.1, 0.15) is 16.7 Å². The second kappa shape index (κ2) is 11.3. The highest BCUT2D eigenvalue weighted by Gasteiger charge is 2.35. The van der Waals surface area contributed by atoms with Gasteiger partial charge in [-0.2, -0.15) is 0 Å². The number of rotatable bonds is 8. The van der Waals surface area contributed by atoms with Crippen LogP contribution in [0.4, 0.5) is 10.5 Å². The first-order valence-electron chi connectivity index (χ1n) is 11.1. The fourth-order valence-corrected chi connectivity index (χ4v) is 3.86. The molecule has 1 fully saturated rings. The van der Waals surface area contributed by atoms with Gasteiger partial charge in [-0.05, 0) is 83.1 Å². The molecule has 0 bridgehead atoms. The van der Waals surface area contributed by atoms with Crippen LogP contribution in [-0.4, -0.2) is 36.4 Å². The Morgan fingerprint density at radius 1 is 1.03 bits per heavy atom. The minimum Gasteiger partial charge on any atom is -0.493 e. The molecule has 0 aromatic heterocycles. The molecule has 0 radical (unpaired) electrons. The molecule has 9 heteroatoms. The van der Waals surface area contributed by atoms with Crippen molar-refractivity contribution in [3.05, 3.63) is 92.7 Å².